The fourth-order valence-electron chi connectivity index (χ4n) is 2.79. The molecule has 1 aliphatic heterocycles. The highest BCUT2D eigenvalue weighted by molar-refractivity contribution is 5.56. The van der Waals surface area contributed by atoms with Gasteiger partial charge in [0.25, 0.3) is 0 Å². The number of benzene rings is 1. The lowest BCUT2D eigenvalue weighted by Crippen LogP contribution is -2.37. The quantitative estimate of drug-likeness (QED) is 0.792. The molecule has 0 spiro atoms. The van der Waals surface area contributed by atoms with E-state index in [1.807, 2.05) is 0 Å². The van der Waals surface area contributed by atoms with Gasteiger partial charge in [-0.25, -0.2) is 0 Å². The molecular formula is C17H20N2. The second-order valence-corrected chi connectivity index (χ2v) is 5.33. The Kier molecular flexibility index (Phi) is 3.16. The van der Waals surface area contributed by atoms with E-state index in [9.17, 15) is 0 Å². The zero-order valence-electron chi connectivity index (χ0n) is 11.5. The molecule has 3 rings (SSSR count). The number of hydrogen-bond acceptors (Lipinski definition) is 2. The molecule has 2 unspecified atom stereocenters. The molecule has 0 fully saturated rings. The van der Waals surface area contributed by atoms with Crippen LogP contribution >= 0.6 is 0 Å². The molecule has 0 saturated heterocycles. The maximum absolute atomic E-state index is 2.40. The Morgan fingerprint density at radius 2 is 1.84 bits per heavy atom. The molecule has 0 aromatic heterocycles. The summed E-state index contributed by atoms with van der Waals surface area (Å²) in [6, 6.07) is 9.01. The molecule has 0 radical (unpaired) electrons. The molecule has 2 nitrogen and oxygen atoms in total. The van der Waals surface area contributed by atoms with Gasteiger partial charge in [-0.2, -0.15) is 0 Å². The molecule has 1 aromatic rings. The third kappa shape index (κ3) is 2.30. The van der Waals surface area contributed by atoms with Gasteiger partial charge in [-0.1, -0.05) is 49.4 Å². The topological polar surface area (TPSA) is 6.48 Å². The van der Waals surface area contributed by atoms with Crippen molar-refractivity contribution in [3.63, 3.8) is 0 Å². The summed E-state index contributed by atoms with van der Waals surface area (Å²) in [6.07, 6.45) is 13.2. The molecule has 1 heterocycles. The number of anilines is 1. The number of nitrogens with zero attached hydrogens (tertiary/aromatic N) is 2. The minimum absolute atomic E-state index is 0.468. The highest BCUT2D eigenvalue weighted by atomic mass is 15.4. The van der Waals surface area contributed by atoms with Gasteiger partial charge in [-0.3, -0.25) is 0 Å². The summed E-state index contributed by atoms with van der Waals surface area (Å²) in [7, 11) is 0. The van der Waals surface area contributed by atoms with Crippen molar-refractivity contribution in [2.45, 2.75) is 19.9 Å². The van der Waals surface area contributed by atoms with Gasteiger partial charge < -0.3 is 9.80 Å². The number of rotatable bonds is 2. The second-order valence-electron chi connectivity index (χ2n) is 5.33. The lowest BCUT2D eigenvalue weighted by Gasteiger charge is -2.32. The molecular weight excluding hydrogens is 232 g/mol. The number of aryl methyl sites for hydroxylation is 1. The third-order valence-corrected chi connectivity index (χ3v) is 3.93. The summed E-state index contributed by atoms with van der Waals surface area (Å²) in [5.74, 6) is 0.562. The number of allylic oxidation sites excluding steroid dienone is 2. The van der Waals surface area contributed by atoms with E-state index in [0.717, 1.165) is 6.67 Å². The van der Waals surface area contributed by atoms with Gasteiger partial charge in [0.1, 0.15) is 0 Å². The molecule has 2 aliphatic rings. The van der Waals surface area contributed by atoms with Gasteiger partial charge in [0.2, 0.25) is 0 Å². The summed E-state index contributed by atoms with van der Waals surface area (Å²) in [4.78, 5) is 4.71. The maximum atomic E-state index is 2.40. The van der Waals surface area contributed by atoms with Gasteiger partial charge in [0.15, 0.2) is 0 Å². The van der Waals surface area contributed by atoms with Crippen LogP contribution in [-0.4, -0.2) is 17.6 Å². The predicted molar refractivity (Wildman–Crippen MR) is 80.7 cm³/mol. The molecule has 98 valence electrons. The molecule has 0 bridgehead atoms. The molecule has 1 aliphatic carbocycles. The first kappa shape index (κ1) is 12.1. The third-order valence-electron chi connectivity index (χ3n) is 3.93. The summed E-state index contributed by atoms with van der Waals surface area (Å²) < 4.78 is 0. The smallest absolute Gasteiger partial charge is 0.0947 e. The summed E-state index contributed by atoms with van der Waals surface area (Å²) in [6.45, 7) is 5.37. The van der Waals surface area contributed by atoms with Crippen LogP contribution in [0.4, 0.5) is 5.69 Å². The molecule has 1 aromatic carbocycles. The average molecular weight is 252 g/mol. The van der Waals surface area contributed by atoms with Crippen LogP contribution in [0.3, 0.4) is 0 Å². The van der Waals surface area contributed by atoms with E-state index >= 15 is 0 Å². The van der Waals surface area contributed by atoms with E-state index in [0.29, 0.717) is 12.0 Å². The Morgan fingerprint density at radius 1 is 1.05 bits per heavy atom. The van der Waals surface area contributed by atoms with E-state index in [4.69, 9.17) is 0 Å². The summed E-state index contributed by atoms with van der Waals surface area (Å²) in [5.41, 5.74) is 2.62. The Labute approximate surface area is 115 Å². The van der Waals surface area contributed by atoms with Crippen molar-refractivity contribution in [2.24, 2.45) is 5.92 Å². The van der Waals surface area contributed by atoms with Crippen molar-refractivity contribution in [2.75, 3.05) is 11.6 Å². The molecule has 2 heteroatoms. The van der Waals surface area contributed by atoms with E-state index in [-0.39, 0.29) is 0 Å². The van der Waals surface area contributed by atoms with Crippen molar-refractivity contribution in [3.8, 4) is 0 Å². The normalized spacial score (nSPS) is 25.4. The standard InChI is InChI=1S/C17H20N2/c1-14-7-3-5-9-16(14)18-11-12-19(13-18)17-10-6-4-8-15(17)2/h3-12,14,16H,13H2,1-2H3. The zero-order chi connectivity index (χ0) is 13.2. The van der Waals surface area contributed by atoms with E-state index in [1.165, 1.54) is 11.3 Å². The molecule has 0 amide bonds. The van der Waals surface area contributed by atoms with Crippen LogP contribution in [0.5, 0.6) is 0 Å². The van der Waals surface area contributed by atoms with E-state index in [2.05, 4.69) is 84.6 Å². The van der Waals surface area contributed by atoms with Crippen LogP contribution in [0.1, 0.15) is 12.5 Å². The largest absolute Gasteiger partial charge is 0.351 e. The molecule has 2 atom stereocenters. The second kappa shape index (κ2) is 4.96. The van der Waals surface area contributed by atoms with Gasteiger partial charge in [0, 0.05) is 18.1 Å². The van der Waals surface area contributed by atoms with Gasteiger partial charge >= 0.3 is 0 Å². The summed E-state index contributed by atoms with van der Waals surface area (Å²) >= 11 is 0. The molecule has 0 saturated carbocycles. The Hall–Kier alpha value is -1.96. The lowest BCUT2D eigenvalue weighted by atomic mass is 9.96. The zero-order valence-corrected chi connectivity index (χ0v) is 11.5. The number of para-hydroxylation sites is 1. The number of hydrogen-bond donors (Lipinski definition) is 0. The molecule has 0 N–H and O–H groups in total. The van der Waals surface area contributed by atoms with Crippen molar-refractivity contribution in [1.82, 2.24) is 4.90 Å². The van der Waals surface area contributed by atoms with E-state index in [1.54, 1.807) is 0 Å². The van der Waals surface area contributed by atoms with Gasteiger partial charge in [-0.05, 0) is 24.5 Å². The van der Waals surface area contributed by atoms with Crippen LogP contribution in [0, 0.1) is 12.8 Å². The van der Waals surface area contributed by atoms with Crippen molar-refractivity contribution < 1.29 is 0 Å². The first-order chi connectivity index (χ1) is 9.25. The van der Waals surface area contributed by atoms with Crippen LogP contribution in [-0.2, 0) is 0 Å². The van der Waals surface area contributed by atoms with Gasteiger partial charge in [-0.15, -0.1) is 0 Å². The average Bonchev–Trinajstić information content (AvgIpc) is 2.89. The fraction of sp³-hybridized carbons (Fsp3) is 0.294. The van der Waals surface area contributed by atoms with Crippen molar-refractivity contribution in [3.05, 3.63) is 66.5 Å². The fourth-order valence-corrected chi connectivity index (χ4v) is 2.79. The Morgan fingerprint density at radius 3 is 2.63 bits per heavy atom. The Balaban J connectivity index is 1.75. The Bertz CT molecular complexity index is 542. The van der Waals surface area contributed by atoms with E-state index < -0.39 is 0 Å². The minimum Gasteiger partial charge on any atom is -0.351 e. The first-order valence-corrected chi connectivity index (χ1v) is 6.87. The molecule has 19 heavy (non-hydrogen) atoms. The maximum Gasteiger partial charge on any atom is 0.0947 e. The minimum atomic E-state index is 0.468. The predicted octanol–water partition coefficient (Wildman–Crippen LogP) is 3.68. The van der Waals surface area contributed by atoms with Crippen molar-refractivity contribution in [1.29, 1.82) is 0 Å². The summed E-state index contributed by atoms with van der Waals surface area (Å²) in [5, 5.41) is 0. The van der Waals surface area contributed by atoms with Crippen LogP contribution < -0.4 is 4.90 Å². The van der Waals surface area contributed by atoms with Crippen LogP contribution in [0.15, 0.2) is 61.0 Å². The highest BCUT2D eigenvalue weighted by Gasteiger charge is 2.24. The first-order valence-electron chi connectivity index (χ1n) is 6.87. The SMILES string of the molecule is Cc1ccccc1N1C=CN(C2C=CC=CC2C)C1. The lowest BCUT2D eigenvalue weighted by molar-refractivity contribution is 0.296. The van der Waals surface area contributed by atoms with Crippen LogP contribution in [0.2, 0.25) is 0 Å². The van der Waals surface area contributed by atoms with Crippen LogP contribution in [0.25, 0.3) is 0 Å². The highest BCUT2D eigenvalue weighted by Crippen LogP contribution is 2.27. The van der Waals surface area contributed by atoms with Crippen molar-refractivity contribution >= 4 is 5.69 Å². The van der Waals surface area contributed by atoms with Gasteiger partial charge in [0.05, 0.1) is 12.7 Å². The monoisotopic (exact) mass is 252 g/mol.